The minimum atomic E-state index is -0.589. The van der Waals surface area contributed by atoms with Crippen LogP contribution in [-0.4, -0.2) is 39.8 Å². The fourth-order valence-electron chi connectivity index (χ4n) is 2.37. The van der Waals surface area contributed by atoms with Crippen LogP contribution in [0.25, 0.3) is 0 Å². The Hall–Kier alpha value is -2.38. The van der Waals surface area contributed by atoms with Gasteiger partial charge in [0, 0.05) is 19.2 Å². The number of nitrogens with zero attached hydrogens (tertiary/aromatic N) is 3. The van der Waals surface area contributed by atoms with E-state index in [1.165, 1.54) is 12.1 Å². The van der Waals surface area contributed by atoms with Gasteiger partial charge in [-0.2, -0.15) is 0 Å². The zero-order chi connectivity index (χ0) is 15.4. The Bertz CT molecular complexity index is 543. The van der Waals surface area contributed by atoms with Crippen LogP contribution in [0.4, 0.5) is 17.3 Å². The molecule has 2 heterocycles. The van der Waals surface area contributed by atoms with Crippen molar-refractivity contribution >= 4 is 23.2 Å². The van der Waals surface area contributed by atoms with Crippen molar-refractivity contribution in [3.63, 3.8) is 0 Å². The first-order valence-corrected chi connectivity index (χ1v) is 6.95. The third-order valence-corrected chi connectivity index (χ3v) is 3.50. The lowest BCUT2D eigenvalue weighted by Crippen LogP contribution is -2.44. The van der Waals surface area contributed by atoms with Gasteiger partial charge in [-0.05, 0) is 32.3 Å². The van der Waals surface area contributed by atoms with Crippen LogP contribution in [-0.2, 0) is 4.79 Å². The summed E-state index contributed by atoms with van der Waals surface area (Å²) in [4.78, 5) is 28.1. The normalized spacial score (nSPS) is 16.3. The average Bonchev–Trinajstić information content (AvgIpc) is 2.47. The van der Waals surface area contributed by atoms with Crippen LogP contribution in [0.2, 0.25) is 0 Å². The molecular weight excluding hydrogens is 274 g/mol. The van der Waals surface area contributed by atoms with Gasteiger partial charge in [0.1, 0.15) is 11.9 Å². The SMILES string of the molecule is CC(Nc1ccc([N+](=O)[O-])c(N)n1)C(=O)N1CCCCC1. The van der Waals surface area contributed by atoms with Crippen LogP contribution >= 0.6 is 0 Å². The van der Waals surface area contributed by atoms with Crippen molar-refractivity contribution in [3.05, 3.63) is 22.2 Å². The van der Waals surface area contributed by atoms with E-state index in [0.29, 0.717) is 5.82 Å². The molecule has 1 unspecified atom stereocenters. The Balaban J connectivity index is 2.01. The first-order chi connectivity index (χ1) is 9.99. The van der Waals surface area contributed by atoms with Crippen LogP contribution < -0.4 is 11.1 Å². The molecule has 3 N–H and O–H groups in total. The summed E-state index contributed by atoms with van der Waals surface area (Å²) in [7, 11) is 0. The van der Waals surface area contributed by atoms with Gasteiger partial charge in [0.15, 0.2) is 0 Å². The van der Waals surface area contributed by atoms with Gasteiger partial charge in [0.2, 0.25) is 11.7 Å². The van der Waals surface area contributed by atoms with Crippen LogP contribution in [0.3, 0.4) is 0 Å². The number of piperidine rings is 1. The van der Waals surface area contributed by atoms with Crippen LogP contribution in [0, 0.1) is 10.1 Å². The quantitative estimate of drug-likeness (QED) is 0.640. The zero-order valence-corrected chi connectivity index (χ0v) is 11.9. The molecule has 0 radical (unpaired) electrons. The standard InChI is InChI=1S/C13H19N5O3/c1-9(13(19)17-7-3-2-4-8-17)15-11-6-5-10(18(20)21)12(14)16-11/h5-6,9H,2-4,7-8H2,1H3,(H3,14,15,16). The second kappa shape index (κ2) is 6.38. The highest BCUT2D eigenvalue weighted by Crippen LogP contribution is 2.21. The molecule has 2 rings (SSSR count). The van der Waals surface area contributed by atoms with Crippen molar-refractivity contribution < 1.29 is 9.72 Å². The van der Waals surface area contributed by atoms with Gasteiger partial charge in [0.05, 0.1) is 4.92 Å². The van der Waals surface area contributed by atoms with E-state index in [0.717, 1.165) is 32.4 Å². The number of nitrogens with one attached hydrogen (secondary N) is 1. The molecule has 0 aliphatic carbocycles. The number of anilines is 2. The molecule has 0 saturated carbocycles. The van der Waals surface area contributed by atoms with Crippen LogP contribution in [0.5, 0.6) is 0 Å². The molecule has 1 aliphatic rings. The topological polar surface area (TPSA) is 114 Å². The van der Waals surface area contributed by atoms with E-state index in [-0.39, 0.29) is 17.4 Å². The fraction of sp³-hybridized carbons (Fsp3) is 0.538. The third-order valence-electron chi connectivity index (χ3n) is 3.50. The molecule has 8 nitrogen and oxygen atoms in total. The summed E-state index contributed by atoms with van der Waals surface area (Å²) in [6.45, 7) is 3.30. The third kappa shape index (κ3) is 3.59. The molecule has 1 aromatic heterocycles. The number of likely N-dealkylation sites (tertiary alicyclic amines) is 1. The van der Waals surface area contributed by atoms with Gasteiger partial charge in [-0.1, -0.05) is 0 Å². The molecule has 1 aliphatic heterocycles. The number of nitro groups is 1. The van der Waals surface area contributed by atoms with Crippen molar-refractivity contribution in [2.24, 2.45) is 0 Å². The van der Waals surface area contributed by atoms with E-state index in [9.17, 15) is 14.9 Å². The van der Waals surface area contributed by atoms with Crippen molar-refractivity contribution in [2.75, 3.05) is 24.1 Å². The van der Waals surface area contributed by atoms with E-state index in [1.54, 1.807) is 6.92 Å². The molecule has 1 atom stereocenters. The minimum Gasteiger partial charge on any atom is -0.378 e. The van der Waals surface area contributed by atoms with Gasteiger partial charge in [0.25, 0.3) is 0 Å². The smallest absolute Gasteiger partial charge is 0.311 e. The summed E-state index contributed by atoms with van der Waals surface area (Å²) in [6.07, 6.45) is 3.22. The zero-order valence-electron chi connectivity index (χ0n) is 11.9. The number of nitrogen functional groups attached to an aromatic ring is 1. The molecule has 0 bridgehead atoms. The lowest BCUT2D eigenvalue weighted by Gasteiger charge is -2.29. The number of hydrogen-bond donors (Lipinski definition) is 2. The summed E-state index contributed by atoms with van der Waals surface area (Å²) in [6, 6.07) is 2.29. The van der Waals surface area contributed by atoms with Crippen LogP contribution in [0.1, 0.15) is 26.2 Å². The summed E-state index contributed by atoms with van der Waals surface area (Å²) in [5, 5.41) is 13.6. The molecule has 1 saturated heterocycles. The van der Waals surface area contributed by atoms with E-state index in [1.807, 2.05) is 4.90 Å². The van der Waals surface area contributed by atoms with Gasteiger partial charge in [-0.15, -0.1) is 0 Å². The van der Waals surface area contributed by atoms with E-state index < -0.39 is 11.0 Å². The molecule has 8 heteroatoms. The van der Waals surface area contributed by atoms with Gasteiger partial charge < -0.3 is 16.0 Å². The largest absolute Gasteiger partial charge is 0.378 e. The second-order valence-corrected chi connectivity index (χ2v) is 5.11. The van der Waals surface area contributed by atoms with E-state index >= 15 is 0 Å². The number of aromatic nitrogens is 1. The number of pyridine rings is 1. The highest BCUT2D eigenvalue weighted by molar-refractivity contribution is 5.84. The summed E-state index contributed by atoms with van der Waals surface area (Å²) < 4.78 is 0. The Morgan fingerprint density at radius 2 is 2.10 bits per heavy atom. The summed E-state index contributed by atoms with van der Waals surface area (Å²) in [5.41, 5.74) is 5.29. The monoisotopic (exact) mass is 293 g/mol. The molecular formula is C13H19N5O3. The lowest BCUT2D eigenvalue weighted by molar-refractivity contribution is -0.384. The number of amides is 1. The number of rotatable bonds is 4. The first kappa shape index (κ1) is 15.0. The van der Waals surface area contributed by atoms with Crippen molar-refractivity contribution in [2.45, 2.75) is 32.2 Å². The predicted molar refractivity (Wildman–Crippen MR) is 78.8 cm³/mol. The fourth-order valence-corrected chi connectivity index (χ4v) is 2.37. The highest BCUT2D eigenvalue weighted by atomic mass is 16.6. The van der Waals surface area contributed by atoms with Gasteiger partial charge >= 0.3 is 5.69 Å². The van der Waals surface area contributed by atoms with E-state index in [4.69, 9.17) is 5.73 Å². The average molecular weight is 293 g/mol. The van der Waals surface area contributed by atoms with Crippen molar-refractivity contribution in [3.8, 4) is 0 Å². The first-order valence-electron chi connectivity index (χ1n) is 6.95. The van der Waals surface area contributed by atoms with Crippen molar-refractivity contribution in [1.82, 2.24) is 9.88 Å². The number of hydrogen-bond acceptors (Lipinski definition) is 6. The Morgan fingerprint density at radius 1 is 1.43 bits per heavy atom. The minimum absolute atomic E-state index is 0.00780. The molecule has 1 aromatic rings. The number of carbonyl (C=O) groups is 1. The van der Waals surface area contributed by atoms with Crippen LogP contribution in [0.15, 0.2) is 12.1 Å². The lowest BCUT2D eigenvalue weighted by atomic mass is 10.1. The van der Waals surface area contributed by atoms with E-state index in [2.05, 4.69) is 10.3 Å². The maximum Gasteiger partial charge on any atom is 0.311 e. The maximum atomic E-state index is 12.3. The van der Waals surface area contributed by atoms with Gasteiger partial charge in [-0.3, -0.25) is 14.9 Å². The van der Waals surface area contributed by atoms with Gasteiger partial charge in [-0.25, -0.2) is 4.98 Å². The Kier molecular flexibility index (Phi) is 4.56. The summed E-state index contributed by atoms with van der Waals surface area (Å²) >= 11 is 0. The summed E-state index contributed by atoms with van der Waals surface area (Å²) in [5.74, 6) is 0.201. The molecule has 0 spiro atoms. The molecule has 0 aromatic carbocycles. The molecule has 1 fully saturated rings. The predicted octanol–water partition coefficient (Wildman–Crippen LogP) is 1.38. The molecule has 21 heavy (non-hydrogen) atoms. The second-order valence-electron chi connectivity index (χ2n) is 5.11. The highest BCUT2D eigenvalue weighted by Gasteiger charge is 2.22. The Morgan fingerprint density at radius 3 is 2.67 bits per heavy atom. The number of carbonyl (C=O) groups excluding carboxylic acids is 1. The van der Waals surface area contributed by atoms with Crippen molar-refractivity contribution in [1.29, 1.82) is 0 Å². The maximum absolute atomic E-state index is 12.3. The Labute approximate surface area is 122 Å². The molecule has 1 amide bonds. The molecule has 114 valence electrons. The number of nitrogens with two attached hydrogens (primary N) is 1.